The molecular formula is C27H47N5O3. The Balaban J connectivity index is 1.69. The van der Waals surface area contributed by atoms with Crippen LogP contribution in [0.3, 0.4) is 0 Å². The molecule has 2 rings (SSSR count). The van der Waals surface area contributed by atoms with Crippen molar-refractivity contribution >= 4 is 11.8 Å². The summed E-state index contributed by atoms with van der Waals surface area (Å²) in [6.07, 6.45) is 10.7. The van der Waals surface area contributed by atoms with Crippen molar-refractivity contribution in [2.24, 2.45) is 11.7 Å². The molecule has 1 atom stereocenters. The first-order valence-corrected chi connectivity index (χ1v) is 13.5. The van der Waals surface area contributed by atoms with Crippen LogP contribution in [-0.2, 0) is 16.0 Å². The van der Waals surface area contributed by atoms with Gasteiger partial charge in [0.25, 0.3) is 0 Å². The molecule has 7 N–H and O–H groups in total. The van der Waals surface area contributed by atoms with E-state index in [-0.39, 0.29) is 17.6 Å². The molecule has 1 aromatic rings. The molecule has 0 aliphatic heterocycles. The average molecular weight is 490 g/mol. The van der Waals surface area contributed by atoms with Gasteiger partial charge >= 0.3 is 0 Å². The minimum Gasteiger partial charge on any atom is -0.508 e. The molecule has 1 aliphatic carbocycles. The Hall–Kier alpha value is -2.16. The predicted molar refractivity (Wildman–Crippen MR) is 141 cm³/mol. The second kappa shape index (κ2) is 18.2. The number of rotatable bonds is 18. The molecule has 2 amide bonds. The highest BCUT2D eigenvalue weighted by Crippen LogP contribution is 2.26. The first-order chi connectivity index (χ1) is 17.1. The molecule has 0 radical (unpaired) electrons. The fraction of sp³-hybridized carbons (Fsp3) is 0.704. The molecule has 8 nitrogen and oxygen atoms in total. The molecule has 0 bridgehead atoms. The molecule has 198 valence electrons. The van der Waals surface area contributed by atoms with Crippen molar-refractivity contribution in [2.75, 3.05) is 39.3 Å². The minimum absolute atomic E-state index is 0.0589. The van der Waals surface area contributed by atoms with Crippen molar-refractivity contribution in [3.63, 3.8) is 0 Å². The van der Waals surface area contributed by atoms with Crippen LogP contribution >= 0.6 is 0 Å². The van der Waals surface area contributed by atoms with Crippen molar-refractivity contribution in [3.05, 3.63) is 29.8 Å². The van der Waals surface area contributed by atoms with Crippen molar-refractivity contribution in [3.8, 4) is 5.75 Å². The SMILES string of the molecule is NCCCNCCCCNCCCNC(=O)[C@H](Cc1cccc(O)c1)NC(=O)CC1CCCCC1. The van der Waals surface area contributed by atoms with Crippen LogP contribution in [0.25, 0.3) is 0 Å². The lowest BCUT2D eigenvalue weighted by Crippen LogP contribution is -2.48. The molecule has 1 fully saturated rings. The van der Waals surface area contributed by atoms with Gasteiger partial charge in [0.05, 0.1) is 0 Å². The van der Waals surface area contributed by atoms with E-state index >= 15 is 0 Å². The maximum atomic E-state index is 12.9. The summed E-state index contributed by atoms with van der Waals surface area (Å²) >= 11 is 0. The van der Waals surface area contributed by atoms with Gasteiger partial charge in [-0.05, 0) is 94.9 Å². The maximum Gasteiger partial charge on any atom is 0.242 e. The Morgan fingerprint density at radius 2 is 1.63 bits per heavy atom. The topological polar surface area (TPSA) is 129 Å². The van der Waals surface area contributed by atoms with Gasteiger partial charge in [-0.3, -0.25) is 9.59 Å². The summed E-state index contributed by atoms with van der Waals surface area (Å²) < 4.78 is 0. The number of carbonyl (C=O) groups excluding carboxylic acids is 2. The third kappa shape index (κ3) is 13.5. The van der Waals surface area contributed by atoms with E-state index in [2.05, 4.69) is 21.3 Å². The number of phenolic OH excluding ortho intramolecular Hbond substituents is 1. The van der Waals surface area contributed by atoms with Gasteiger partial charge in [0.15, 0.2) is 0 Å². The van der Waals surface area contributed by atoms with Crippen LogP contribution in [0, 0.1) is 5.92 Å². The lowest BCUT2D eigenvalue weighted by atomic mass is 9.87. The fourth-order valence-corrected chi connectivity index (χ4v) is 4.56. The zero-order valence-electron chi connectivity index (χ0n) is 21.3. The summed E-state index contributed by atoms with van der Waals surface area (Å²) in [5.74, 6) is 0.346. The second-order valence-corrected chi connectivity index (χ2v) is 9.70. The molecule has 35 heavy (non-hydrogen) atoms. The standard InChI is InChI=1S/C27H47N5O3/c28-13-7-16-29-14-4-5-15-30-17-8-18-31-27(35)25(20-23-11-6-12-24(33)19-23)32-26(34)21-22-9-2-1-3-10-22/h6,11-12,19,22,25,29-30,33H,1-5,7-10,13-18,20-21,28H2,(H,31,35)(H,32,34)/t25-/m0/s1. The van der Waals surface area contributed by atoms with Crippen LogP contribution in [0.5, 0.6) is 5.75 Å². The smallest absolute Gasteiger partial charge is 0.242 e. The number of benzene rings is 1. The van der Waals surface area contributed by atoms with E-state index in [0.717, 1.165) is 76.8 Å². The average Bonchev–Trinajstić information content (AvgIpc) is 2.85. The second-order valence-electron chi connectivity index (χ2n) is 9.70. The van der Waals surface area contributed by atoms with E-state index in [1.54, 1.807) is 18.2 Å². The van der Waals surface area contributed by atoms with Crippen LogP contribution in [0.2, 0.25) is 0 Å². The first-order valence-electron chi connectivity index (χ1n) is 13.5. The van der Waals surface area contributed by atoms with Crippen LogP contribution in [-0.4, -0.2) is 62.2 Å². The Kier molecular flexibility index (Phi) is 15.1. The third-order valence-corrected chi connectivity index (χ3v) is 6.55. The van der Waals surface area contributed by atoms with Gasteiger partial charge in [0.2, 0.25) is 11.8 Å². The zero-order valence-corrected chi connectivity index (χ0v) is 21.3. The number of unbranched alkanes of at least 4 members (excludes halogenated alkanes) is 1. The summed E-state index contributed by atoms with van der Waals surface area (Å²) in [5.41, 5.74) is 6.30. The Labute approximate surface area is 211 Å². The number of phenols is 1. The minimum atomic E-state index is -0.646. The van der Waals surface area contributed by atoms with Gasteiger partial charge in [-0.15, -0.1) is 0 Å². The van der Waals surface area contributed by atoms with E-state index in [1.807, 2.05) is 6.07 Å². The number of hydrogen-bond donors (Lipinski definition) is 6. The van der Waals surface area contributed by atoms with E-state index in [1.165, 1.54) is 19.3 Å². The highest BCUT2D eigenvalue weighted by Gasteiger charge is 2.23. The van der Waals surface area contributed by atoms with Crippen LogP contribution in [0.15, 0.2) is 24.3 Å². The molecule has 1 saturated carbocycles. The zero-order chi connectivity index (χ0) is 25.1. The van der Waals surface area contributed by atoms with Crippen molar-refractivity contribution in [1.82, 2.24) is 21.3 Å². The molecular weight excluding hydrogens is 442 g/mol. The quantitative estimate of drug-likeness (QED) is 0.175. The monoisotopic (exact) mass is 489 g/mol. The molecule has 0 heterocycles. The predicted octanol–water partition coefficient (Wildman–Crippen LogP) is 2.20. The van der Waals surface area contributed by atoms with Gasteiger partial charge < -0.3 is 32.1 Å². The van der Waals surface area contributed by atoms with Gasteiger partial charge in [0.1, 0.15) is 11.8 Å². The molecule has 1 aromatic carbocycles. The Bertz CT molecular complexity index is 725. The van der Waals surface area contributed by atoms with Crippen LogP contribution in [0.4, 0.5) is 0 Å². The molecule has 0 spiro atoms. The molecule has 0 saturated heterocycles. The molecule has 8 heteroatoms. The lowest BCUT2D eigenvalue weighted by Gasteiger charge is -2.23. The fourth-order valence-electron chi connectivity index (χ4n) is 4.56. The summed E-state index contributed by atoms with van der Waals surface area (Å²) in [6, 6.07) is 6.22. The largest absolute Gasteiger partial charge is 0.508 e. The van der Waals surface area contributed by atoms with Gasteiger partial charge in [0, 0.05) is 19.4 Å². The van der Waals surface area contributed by atoms with Crippen LogP contribution < -0.4 is 27.0 Å². The third-order valence-electron chi connectivity index (χ3n) is 6.55. The normalized spacial score (nSPS) is 15.0. The molecule has 1 aliphatic rings. The highest BCUT2D eigenvalue weighted by molar-refractivity contribution is 5.88. The summed E-state index contributed by atoms with van der Waals surface area (Å²) in [4.78, 5) is 25.6. The van der Waals surface area contributed by atoms with E-state index < -0.39 is 6.04 Å². The number of nitrogens with one attached hydrogen (secondary N) is 4. The van der Waals surface area contributed by atoms with E-state index in [0.29, 0.717) is 25.3 Å². The number of carbonyl (C=O) groups is 2. The summed E-state index contributed by atoms with van der Waals surface area (Å²) in [6.45, 7) is 5.09. The summed E-state index contributed by atoms with van der Waals surface area (Å²) in [5, 5.41) is 22.5. The number of aromatic hydroxyl groups is 1. The van der Waals surface area contributed by atoms with Gasteiger partial charge in [-0.2, -0.15) is 0 Å². The van der Waals surface area contributed by atoms with Gasteiger partial charge in [-0.25, -0.2) is 0 Å². The van der Waals surface area contributed by atoms with E-state index in [9.17, 15) is 14.7 Å². The maximum absolute atomic E-state index is 12.9. The summed E-state index contributed by atoms with van der Waals surface area (Å²) in [7, 11) is 0. The Morgan fingerprint density at radius 3 is 2.31 bits per heavy atom. The molecule has 0 aromatic heterocycles. The number of amides is 2. The van der Waals surface area contributed by atoms with E-state index in [4.69, 9.17) is 5.73 Å². The lowest BCUT2D eigenvalue weighted by molar-refractivity contribution is -0.129. The first kappa shape index (κ1) is 29.1. The molecule has 0 unspecified atom stereocenters. The number of nitrogens with two attached hydrogens (primary N) is 1. The van der Waals surface area contributed by atoms with Crippen molar-refractivity contribution in [1.29, 1.82) is 0 Å². The number of hydrogen-bond acceptors (Lipinski definition) is 6. The van der Waals surface area contributed by atoms with Crippen molar-refractivity contribution < 1.29 is 14.7 Å². The van der Waals surface area contributed by atoms with Crippen molar-refractivity contribution in [2.45, 2.75) is 76.7 Å². The van der Waals surface area contributed by atoms with Gasteiger partial charge in [-0.1, -0.05) is 31.4 Å². The highest BCUT2D eigenvalue weighted by atomic mass is 16.3. The Morgan fingerprint density at radius 1 is 0.943 bits per heavy atom. The van der Waals surface area contributed by atoms with Crippen LogP contribution in [0.1, 0.15) is 69.8 Å².